The Labute approximate surface area is 156 Å². The average molecular weight is 351 g/mol. The van der Waals surface area contributed by atoms with Gasteiger partial charge >= 0.3 is 0 Å². The first-order valence-corrected chi connectivity index (χ1v) is 10.9. The van der Waals surface area contributed by atoms with E-state index in [2.05, 4.69) is 20.8 Å². The summed E-state index contributed by atoms with van der Waals surface area (Å²) in [5.74, 6) is 2.72. The summed E-state index contributed by atoms with van der Waals surface area (Å²) in [5, 5.41) is 0. The Morgan fingerprint density at radius 3 is 1.48 bits per heavy atom. The second-order valence-corrected chi connectivity index (χ2v) is 10.5. The Morgan fingerprint density at radius 1 is 0.680 bits per heavy atom. The van der Waals surface area contributed by atoms with Crippen molar-refractivity contribution >= 4 is 0 Å². The minimum absolute atomic E-state index is 0.508. The lowest BCUT2D eigenvalue weighted by atomic mass is 9.48. The largest absolute Gasteiger partial charge is 0.381 e. The lowest BCUT2D eigenvalue weighted by Gasteiger charge is -2.58. The smallest absolute Gasteiger partial charge is 0.0571 e. The van der Waals surface area contributed by atoms with E-state index in [0.29, 0.717) is 23.0 Å². The molecule has 0 spiro atoms. The summed E-state index contributed by atoms with van der Waals surface area (Å²) in [6.07, 6.45) is 16.1. The number of ether oxygens (including phenoxy) is 2. The van der Waals surface area contributed by atoms with Crippen LogP contribution in [-0.2, 0) is 9.47 Å². The molecule has 146 valence electrons. The van der Waals surface area contributed by atoms with Gasteiger partial charge in [-0.1, -0.05) is 20.8 Å². The van der Waals surface area contributed by atoms with Gasteiger partial charge in [-0.15, -0.1) is 0 Å². The Hall–Kier alpha value is -0.0800. The predicted molar refractivity (Wildman–Crippen MR) is 105 cm³/mol. The SMILES string of the molecule is COC1CCC(C2(C3CCC(OC)CC3)CC(C)CC(C)(C)C2)CC1. The summed E-state index contributed by atoms with van der Waals surface area (Å²) in [5.41, 5.74) is 1.09. The second kappa shape index (κ2) is 7.89. The molecule has 3 aliphatic rings. The number of methoxy groups -OCH3 is 2. The van der Waals surface area contributed by atoms with Crippen LogP contribution in [0.1, 0.15) is 91.4 Å². The van der Waals surface area contributed by atoms with Crippen LogP contribution in [0.3, 0.4) is 0 Å². The second-order valence-electron chi connectivity index (χ2n) is 10.5. The zero-order valence-corrected chi connectivity index (χ0v) is 17.5. The summed E-state index contributed by atoms with van der Waals surface area (Å²) in [4.78, 5) is 0. The molecule has 0 bridgehead atoms. The van der Waals surface area contributed by atoms with Gasteiger partial charge < -0.3 is 9.47 Å². The number of hydrogen-bond acceptors (Lipinski definition) is 2. The van der Waals surface area contributed by atoms with Crippen molar-refractivity contribution in [1.82, 2.24) is 0 Å². The lowest BCUT2D eigenvalue weighted by molar-refractivity contribution is -0.0933. The van der Waals surface area contributed by atoms with Crippen LogP contribution < -0.4 is 0 Å². The fraction of sp³-hybridized carbons (Fsp3) is 1.00. The standard InChI is InChI=1S/C23H42O2/c1-17-14-22(2,3)16-23(15-17,18-6-10-20(24-4)11-7-18)19-8-12-21(25-5)13-9-19/h17-21H,6-16H2,1-5H3. The van der Waals surface area contributed by atoms with Crippen molar-refractivity contribution in [2.45, 2.75) is 104 Å². The van der Waals surface area contributed by atoms with E-state index in [1.54, 1.807) is 0 Å². The van der Waals surface area contributed by atoms with Gasteiger partial charge in [0.2, 0.25) is 0 Å². The monoisotopic (exact) mass is 350 g/mol. The van der Waals surface area contributed by atoms with Gasteiger partial charge in [0.25, 0.3) is 0 Å². The molecule has 0 N–H and O–H groups in total. The Morgan fingerprint density at radius 2 is 1.12 bits per heavy atom. The highest BCUT2D eigenvalue weighted by atomic mass is 16.5. The first kappa shape index (κ1) is 19.7. The van der Waals surface area contributed by atoms with Crippen LogP contribution in [0.15, 0.2) is 0 Å². The first-order chi connectivity index (χ1) is 11.9. The topological polar surface area (TPSA) is 18.5 Å². The molecule has 0 amide bonds. The Balaban J connectivity index is 1.81. The normalized spacial score (nSPS) is 45.2. The molecule has 3 rings (SSSR count). The van der Waals surface area contributed by atoms with Gasteiger partial charge in [-0.25, -0.2) is 0 Å². The van der Waals surface area contributed by atoms with Crippen molar-refractivity contribution in [3.05, 3.63) is 0 Å². The fourth-order valence-corrected chi connectivity index (χ4v) is 7.40. The highest BCUT2D eigenvalue weighted by molar-refractivity contribution is 5.02. The van der Waals surface area contributed by atoms with Crippen LogP contribution in [0.5, 0.6) is 0 Å². The third-order valence-electron chi connectivity index (χ3n) is 8.08. The maximum absolute atomic E-state index is 5.68. The average Bonchev–Trinajstić information content (AvgIpc) is 2.60. The van der Waals surface area contributed by atoms with Crippen molar-refractivity contribution in [1.29, 1.82) is 0 Å². The van der Waals surface area contributed by atoms with E-state index in [-0.39, 0.29) is 0 Å². The number of rotatable bonds is 4. The fourth-order valence-electron chi connectivity index (χ4n) is 7.40. The molecule has 0 aromatic rings. The molecule has 0 aromatic heterocycles. The Bertz CT molecular complexity index is 390. The molecular formula is C23H42O2. The molecule has 3 fully saturated rings. The van der Waals surface area contributed by atoms with E-state index in [0.717, 1.165) is 17.8 Å². The van der Waals surface area contributed by atoms with Crippen molar-refractivity contribution < 1.29 is 9.47 Å². The summed E-state index contributed by atoms with van der Waals surface area (Å²) in [6.45, 7) is 7.61. The van der Waals surface area contributed by atoms with Gasteiger partial charge in [0.15, 0.2) is 0 Å². The maximum atomic E-state index is 5.68. The summed E-state index contributed by atoms with van der Waals surface area (Å²) in [7, 11) is 3.80. The molecule has 0 aliphatic heterocycles. The molecule has 1 unspecified atom stereocenters. The van der Waals surface area contributed by atoms with Gasteiger partial charge in [-0.05, 0) is 99.2 Å². The van der Waals surface area contributed by atoms with Crippen LogP contribution >= 0.6 is 0 Å². The quantitative estimate of drug-likeness (QED) is 0.598. The molecule has 3 aliphatic carbocycles. The van der Waals surface area contributed by atoms with Gasteiger partial charge in [-0.3, -0.25) is 0 Å². The van der Waals surface area contributed by atoms with Crippen molar-refractivity contribution in [2.24, 2.45) is 28.6 Å². The molecule has 25 heavy (non-hydrogen) atoms. The first-order valence-electron chi connectivity index (χ1n) is 10.9. The molecule has 0 heterocycles. The van der Waals surface area contributed by atoms with Crippen molar-refractivity contribution in [3.8, 4) is 0 Å². The summed E-state index contributed by atoms with van der Waals surface area (Å²) < 4.78 is 11.4. The molecule has 0 saturated heterocycles. The zero-order chi connectivity index (χ0) is 18.1. The van der Waals surface area contributed by atoms with E-state index in [1.165, 1.54) is 70.6 Å². The van der Waals surface area contributed by atoms with Crippen molar-refractivity contribution in [2.75, 3.05) is 14.2 Å². The molecular weight excluding hydrogens is 308 g/mol. The zero-order valence-electron chi connectivity index (χ0n) is 17.5. The van der Waals surface area contributed by atoms with E-state index in [4.69, 9.17) is 9.47 Å². The van der Waals surface area contributed by atoms with Crippen LogP contribution in [0.4, 0.5) is 0 Å². The molecule has 0 aromatic carbocycles. The third-order valence-corrected chi connectivity index (χ3v) is 8.08. The minimum Gasteiger partial charge on any atom is -0.381 e. The van der Waals surface area contributed by atoms with Crippen LogP contribution in [0.2, 0.25) is 0 Å². The highest BCUT2D eigenvalue weighted by Crippen LogP contribution is 2.61. The van der Waals surface area contributed by atoms with E-state index in [9.17, 15) is 0 Å². The van der Waals surface area contributed by atoms with E-state index < -0.39 is 0 Å². The lowest BCUT2D eigenvalue weighted by Crippen LogP contribution is -2.49. The van der Waals surface area contributed by atoms with Crippen molar-refractivity contribution in [3.63, 3.8) is 0 Å². The Kier molecular flexibility index (Phi) is 6.21. The van der Waals surface area contributed by atoms with Gasteiger partial charge in [0.05, 0.1) is 12.2 Å². The van der Waals surface area contributed by atoms with Crippen LogP contribution in [0.25, 0.3) is 0 Å². The van der Waals surface area contributed by atoms with E-state index in [1.807, 2.05) is 14.2 Å². The molecule has 0 radical (unpaired) electrons. The molecule has 3 saturated carbocycles. The molecule has 2 heteroatoms. The van der Waals surface area contributed by atoms with E-state index >= 15 is 0 Å². The molecule has 1 atom stereocenters. The number of hydrogen-bond donors (Lipinski definition) is 0. The van der Waals surface area contributed by atoms with Gasteiger partial charge in [0.1, 0.15) is 0 Å². The van der Waals surface area contributed by atoms with Crippen LogP contribution in [0, 0.1) is 28.6 Å². The summed E-state index contributed by atoms with van der Waals surface area (Å²) >= 11 is 0. The van der Waals surface area contributed by atoms with Gasteiger partial charge in [0, 0.05) is 14.2 Å². The third kappa shape index (κ3) is 4.26. The predicted octanol–water partition coefficient (Wildman–Crippen LogP) is 6.23. The van der Waals surface area contributed by atoms with Gasteiger partial charge in [-0.2, -0.15) is 0 Å². The maximum Gasteiger partial charge on any atom is 0.0571 e. The highest BCUT2D eigenvalue weighted by Gasteiger charge is 2.52. The van der Waals surface area contributed by atoms with Crippen LogP contribution in [-0.4, -0.2) is 26.4 Å². The summed E-state index contributed by atoms with van der Waals surface area (Å²) in [6, 6.07) is 0. The minimum atomic E-state index is 0.508. The molecule has 2 nitrogen and oxygen atoms in total.